The molecule has 1 heterocycles. The fourth-order valence-electron chi connectivity index (χ4n) is 2.31. The van der Waals surface area contributed by atoms with Crippen molar-refractivity contribution in [3.63, 3.8) is 0 Å². The number of rotatable bonds is 9. The van der Waals surface area contributed by atoms with Crippen LogP contribution in [0.3, 0.4) is 0 Å². The maximum Gasteiger partial charge on any atom is 0.387 e. The first kappa shape index (κ1) is 22.1. The van der Waals surface area contributed by atoms with Gasteiger partial charge in [0.15, 0.2) is 5.96 Å². The third kappa shape index (κ3) is 6.73. The van der Waals surface area contributed by atoms with Crippen LogP contribution in [-0.2, 0) is 16.6 Å². The molecule has 0 atom stereocenters. The Morgan fingerprint density at radius 2 is 2.04 bits per heavy atom. The molecule has 2 rings (SSSR count). The Morgan fingerprint density at radius 1 is 1.25 bits per heavy atom. The SMILES string of the molecule is CN=C(NCCNS(=O)(=O)c1cccs1)NCc1cc(C)ccc1OC(F)F. The first-order valence-corrected chi connectivity index (χ1v) is 10.7. The van der Waals surface area contributed by atoms with E-state index in [9.17, 15) is 17.2 Å². The lowest BCUT2D eigenvalue weighted by atomic mass is 10.1. The normalized spacial score (nSPS) is 12.2. The second kappa shape index (κ2) is 10.3. The van der Waals surface area contributed by atoms with Gasteiger partial charge in [-0.25, -0.2) is 13.1 Å². The van der Waals surface area contributed by atoms with Crippen LogP contribution in [0.5, 0.6) is 5.75 Å². The van der Waals surface area contributed by atoms with Gasteiger partial charge < -0.3 is 15.4 Å². The smallest absolute Gasteiger partial charge is 0.387 e. The molecule has 28 heavy (non-hydrogen) atoms. The number of hydrogen-bond donors (Lipinski definition) is 3. The first-order chi connectivity index (χ1) is 13.3. The molecule has 0 aliphatic heterocycles. The monoisotopic (exact) mass is 432 g/mol. The molecule has 0 amide bonds. The lowest BCUT2D eigenvalue weighted by Crippen LogP contribution is -2.41. The number of aryl methyl sites for hydroxylation is 1. The molecule has 0 spiro atoms. The van der Waals surface area contributed by atoms with Crippen molar-refractivity contribution >= 4 is 27.3 Å². The van der Waals surface area contributed by atoms with Crippen LogP contribution in [0.1, 0.15) is 11.1 Å². The lowest BCUT2D eigenvalue weighted by molar-refractivity contribution is -0.0504. The van der Waals surface area contributed by atoms with Gasteiger partial charge in [0.2, 0.25) is 10.0 Å². The zero-order valence-electron chi connectivity index (χ0n) is 15.4. The molecule has 154 valence electrons. The van der Waals surface area contributed by atoms with E-state index in [-0.39, 0.29) is 23.0 Å². The summed E-state index contributed by atoms with van der Waals surface area (Å²) in [5, 5.41) is 7.64. The number of aliphatic imine (C=N–C) groups is 1. The van der Waals surface area contributed by atoms with Crippen molar-refractivity contribution in [2.75, 3.05) is 20.1 Å². The number of sulfonamides is 1. The summed E-state index contributed by atoms with van der Waals surface area (Å²) in [6, 6.07) is 8.12. The number of nitrogens with zero attached hydrogens (tertiary/aromatic N) is 1. The van der Waals surface area contributed by atoms with Crippen LogP contribution in [0.2, 0.25) is 0 Å². The Labute approximate surface area is 166 Å². The largest absolute Gasteiger partial charge is 0.434 e. The van der Waals surface area contributed by atoms with Crippen molar-refractivity contribution in [2.45, 2.75) is 24.3 Å². The fraction of sp³-hybridized carbons (Fsp3) is 0.353. The number of guanidine groups is 1. The fourth-order valence-corrected chi connectivity index (χ4v) is 4.38. The van der Waals surface area contributed by atoms with E-state index >= 15 is 0 Å². The van der Waals surface area contributed by atoms with E-state index < -0.39 is 16.6 Å². The summed E-state index contributed by atoms with van der Waals surface area (Å²) in [5.74, 6) is 0.493. The summed E-state index contributed by atoms with van der Waals surface area (Å²) >= 11 is 1.14. The molecule has 1 aromatic carbocycles. The molecular formula is C17H22F2N4O3S2. The van der Waals surface area contributed by atoms with E-state index in [4.69, 9.17) is 0 Å². The molecule has 1 aromatic heterocycles. The molecule has 2 aromatic rings. The molecule has 0 bridgehead atoms. The topological polar surface area (TPSA) is 91.8 Å². The summed E-state index contributed by atoms with van der Waals surface area (Å²) in [7, 11) is -1.96. The molecule has 0 radical (unpaired) electrons. The van der Waals surface area contributed by atoms with Crippen molar-refractivity contribution in [3.05, 3.63) is 46.8 Å². The van der Waals surface area contributed by atoms with E-state index in [2.05, 4.69) is 25.1 Å². The second-order valence-corrected chi connectivity index (χ2v) is 8.61. The quantitative estimate of drug-likeness (QED) is 0.321. The molecule has 3 N–H and O–H groups in total. The van der Waals surface area contributed by atoms with Crippen LogP contribution >= 0.6 is 11.3 Å². The van der Waals surface area contributed by atoms with Crippen LogP contribution in [0.15, 0.2) is 44.9 Å². The molecule has 0 aliphatic rings. The zero-order chi connectivity index (χ0) is 20.6. The highest BCUT2D eigenvalue weighted by Gasteiger charge is 2.14. The Kier molecular flexibility index (Phi) is 8.15. The van der Waals surface area contributed by atoms with Crippen LogP contribution in [0.25, 0.3) is 0 Å². The van der Waals surface area contributed by atoms with E-state index in [0.717, 1.165) is 16.9 Å². The molecule has 0 fully saturated rings. The minimum atomic E-state index is -3.52. The van der Waals surface area contributed by atoms with Crippen molar-refractivity contribution in [3.8, 4) is 5.75 Å². The molecule has 7 nitrogen and oxygen atoms in total. The average molecular weight is 433 g/mol. The predicted octanol–water partition coefficient (Wildman–Crippen LogP) is 2.30. The first-order valence-electron chi connectivity index (χ1n) is 8.34. The van der Waals surface area contributed by atoms with Crippen molar-refractivity contribution < 1.29 is 21.9 Å². The molecular weight excluding hydrogens is 410 g/mol. The summed E-state index contributed by atoms with van der Waals surface area (Å²) < 4.78 is 56.4. The van der Waals surface area contributed by atoms with Gasteiger partial charge in [0, 0.05) is 32.2 Å². The molecule has 0 saturated carbocycles. The van der Waals surface area contributed by atoms with Crippen LogP contribution < -0.4 is 20.1 Å². The van der Waals surface area contributed by atoms with E-state index in [1.54, 1.807) is 30.6 Å². The second-order valence-electron chi connectivity index (χ2n) is 5.67. The van der Waals surface area contributed by atoms with E-state index in [0.29, 0.717) is 18.1 Å². The summed E-state index contributed by atoms with van der Waals surface area (Å²) in [6.45, 7) is -0.397. The number of benzene rings is 1. The number of ether oxygens (including phenoxy) is 1. The summed E-state index contributed by atoms with van der Waals surface area (Å²) in [4.78, 5) is 4.03. The third-order valence-corrected chi connectivity index (χ3v) is 6.43. The average Bonchev–Trinajstić information content (AvgIpc) is 3.18. The highest BCUT2D eigenvalue weighted by molar-refractivity contribution is 7.91. The maximum atomic E-state index is 12.5. The van der Waals surface area contributed by atoms with Crippen molar-refractivity contribution in [2.24, 2.45) is 4.99 Å². The minimum Gasteiger partial charge on any atom is -0.434 e. The lowest BCUT2D eigenvalue weighted by Gasteiger charge is -2.15. The van der Waals surface area contributed by atoms with Crippen molar-refractivity contribution in [1.82, 2.24) is 15.4 Å². The third-order valence-electron chi connectivity index (χ3n) is 3.57. The number of thiophene rings is 1. The van der Waals surface area contributed by atoms with E-state index in [1.807, 2.05) is 6.92 Å². The molecule has 11 heteroatoms. The van der Waals surface area contributed by atoms with Gasteiger partial charge in [-0.2, -0.15) is 8.78 Å². The number of nitrogens with one attached hydrogen (secondary N) is 3. The Hall–Kier alpha value is -2.24. The maximum absolute atomic E-state index is 12.5. The van der Waals surface area contributed by atoms with Gasteiger partial charge in [0.25, 0.3) is 0 Å². The van der Waals surface area contributed by atoms with Gasteiger partial charge in [-0.05, 0) is 24.4 Å². The Bertz CT molecular complexity index is 888. The van der Waals surface area contributed by atoms with Gasteiger partial charge in [-0.3, -0.25) is 4.99 Å². The zero-order valence-corrected chi connectivity index (χ0v) is 17.0. The predicted molar refractivity (Wildman–Crippen MR) is 106 cm³/mol. The minimum absolute atomic E-state index is 0.0901. The van der Waals surface area contributed by atoms with Gasteiger partial charge in [-0.15, -0.1) is 11.3 Å². The van der Waals surface area contributed by atoms with E-state index in [1.165, 1.54) is 12.1 Å². The van der Waals surface area contributed by atoms with Crippen LogP contribution in [0.4, 0.5) is 8.78 Å². The molecule has 0 saturated heterocycles. The van der Waals surface area contributed by atoms with Gasteiger partial charge >= 0.3 is 6.61 Å². The molecule has 0 aliphatic carbocycles. The number of halogens is 2. The van der Waals surface area contributed by atoms with Crippen LogP contribution in [0, 0.1) is 6.92 Å². The summed E-state index contributed by atoms with van der Waals surface area (Å²) in [5.41, 5.74) is 1.46. The number of alkyl halides is 2. The van der Waals surface area contributed by atoms with Gasteiger partial charge in [0.05, 0.1) is 0 Å². The standard InChI is InChI=1S/C17H22F2N4O3S2/c1-12-5-6-14(26-16(18)19)13(10-12)11-22-17(20-2)21-7-8-23-28(24,25)15-4-3-9-27-15/h3-6,9-10,16,23H,7-8,11H2,1-2H3,(H2,20,21,22). The highest BCUT2D eigenvalue weighted by Crippen LogP contribution is 2.22. The Morgan fingerprint density at radius 3 is 2.68 bits per heavy atom. The van der Waals surface area contributed by atoms with Gasteiger partial charge in [0.1, 0.15) is 9.96 Å². The Balaban J connectivity index is 1.84. The van der Waals surface area contributed by atoms with Gasteiger partial charge in [-0.1, -0.05) is 23.8 Å². The van der Waals surface area contributed by atoms with Crippen molar-refractivity contribution in [1.29, 1.82) is 0 Å². The number of hydrogen-bond acceptors (Lipinski definition) is 5. The summed E-state index contributed by atoms with van der Waals surface area (Å²) in [6.07, 6.45) is 0. The van der Waals surface area contributed by atoms with Crippen LogP contribution in [-0.4, -0.2) is 41.1 Å². The highest BCUT2D eigenvalue weighted by atomic mass is 32.2. The molecule has 0 unspecified atom stereocenters.